The fourth-order valence-electron chi connectivity index (χ4n) is 2.04. The van der Waals surface area contributed by atoms with Crippen LogP contribution in [0, 0.1) is 0 Å². The van der Waals surface area contributed by atoms with Gasteiger partial charge in [0, 0.05) is 7.05 Å². The molecule has 0 aliphatic carbocycles. The van der Waals surface area contributed by atoms with Crippen molar-refractivity contribution in [3.63, 3.8) is 0 Å². The molecule has 3 aromatic rings. The van der Waals surface area contributed by atoms with E-state index >= 15 is 0 Å². The smallest absolute Gasteiger partial charge is 0.287 e. The third kappa shape index (κ3) is 1.61. The summed E-state index contributed by atoms with van der Waals surface area (Å²) in [6.07, 6.45) is 0. The molecule has 4 heteroatoms. The number of imidazole rings is 1. The van der Waals surface area contributed by atoms with Crippen molar-refractivity contribution in [3.8, 4) is 0 Å². The first-order valence-corrected chi connectivity index (χ1v) is 6.32. The van der Waals surface area contributed by atoms with Crippen LogP contribution in [0.5, 0.6) is 0 Å². The minimum absolute atomic E-state index is 0.0516. The largest absolute Gasteiger partial charge is 0.329 e. The fourth-order valence-corrected chi connectivity index (χ4v) is 2.90. The SMILES string of the molecule is Cn1c(=O)n(Cc2ccccc2)c2ccsc21. The molecule has 0 aliphatic heterocycles. The number of rotatable bonds is 2. The molecule has 0 spiro atoms. The Kier molecular flexibility index (Phi) is 2.37. The summed E-state index contributed by atoms with van der Waals surface area (Å²) in [4.78, 5) is 13.1. The molecule has 2 heterocycles. The van der Waals surface area contributed by atoms with Crippen LogP contribution < -0.4 is 5.69 Å². The van der Waals surface area contributed by atoms with Crippen molar-refractivity contribution in [2.75, 3.05) is 0 Å². The molecular weight excluding hydrogens is 232 g/mol. The molecule has 0 radical (unpaired) electrons. The minimum Gasteiger partial charge on any atom is -0.287 e. The number of aromatic nitrogens is 2. The summed E-state index contributed by atoms with van der Waals surface area (Å²) in [7, 11) is 1.82. The predicted molar refractivity (Wildman–Crippen MR) is 70.6 cm³/mol. The molecule has 0 saturated heterocycles. The van der Waals surface area contributed by atoms with E-state index < -0.39 is 0 Å². The van der Waals surface area contributed by atoms with E-state index in [-0.39, 0.29) is 5.69 Å². The number of benzene rings is 1. The molecule has 0 aliphatic rings. The van der Waals surface area contributed by atoms with Crippen LogP contribution in [0.2, 0.25) is 0 Å². The molecule has 86 valence electrons. The van der Waals surface area contributed by atoms with E-state index in [4.69, 9.17) is 0 Å². The highest BCUT2D eigenvalue weighted by Crippen LogP contribution is 2.19. The lowest BCUT2D eigenvalue weighted by Crippen LogP contribution is -2.22. The summed E-state index contributed by atoms with van der Waals surface area (Å²) in [6.45, 7) is 0.633. The Morgan fingerprint density at radius 3 is 2.71 bits per heavy atom. The summed E-state index contributed by atoms with van der Waals surface area (Å²) in [5, 5.41) is 2.02. The van der Waals surface area contributed by atoms with Crippen molar-refractivity contribution < 1.29 is 0 Å². The van der Waals surface area contributed by atoms with Crippen molar-refractivity contribution in [1.29, 1.82) is 0 Å². The Labute approximate surface area is 103 Å². The van der Waals surface area contributed by atoms with Gasteiger partial charge in [-0.25, -0.2) is 4.79 Å². The van der Waals surface area contributed by atoms with Gasteiger partial charge in [-0.2, -0.15) is 0 Å². The molecule has 0 N–H and O–H groups in total. The van der Waals surface area contributed by atoms with Gasteiger partial charge in [0.1, 0.15) is 4.83 Å². The van der Waals surface area contributed by atoms with Gasteiger partial charge in [0.05, 0.1) is 12.1 Å². The van der Waals surface area contributed by atoms with Gasteiger partial charge in [0.25, 0.3) is 0 Å². The average molecular weight is 244 g/mol. The summed E-state index contributed by atoms with van der Waals surface area (Å²) >= 11 is 1.60. The van der Waals surface area contributed by atoms with Crippen LogP contribution in [0.3, 0.4) is 0 Å². The lowest BCUT2D eigenvalue weighted by Gasteiger charge is -2.02. The average Bonchev–Trinajstić information content (AvgIpc) is 2.91. The summed E-state index contributed by atoms with van der Waals surface area (Å²) in [5.74, 6) is 0. The first kappa shape index (κ1) is 10.4. The molecule has 0 bridgehead atoms. The number of fused-ring (bicyclic) bond motifs is 1. The molecule has 0 fully saturated rings. The highest BCUT2D eigenvalue weighted by atomic mass is 32.1. The van der Waals surface area contributed by atoms with Crippen molar-refractivity contribution >= 4 is 21.7 Å². The first-order chi connectivity index (χ1) is 8.27. The lowest BCUT2D eigenvalue weighted by molar-refractivity contribution is 0.736. The van der Waals surface area contributed by atoms with Gasteiger partial charge in [-0.1, -0.05) is 30.3 Å². The van der Waals surface area contributed by atoms with Gasteiger partial charge < -0.3 is 0 Å². The minimum atomic E-state index is 0.0516. The molecule has 3 nitrogen and oxygen atoms in total. The van der Waals surface area contributed by atoms with Crippen molar-refractivity contribution in [2.45, 2.75) is 6.54 Å². The zero-order valence-electron chi connectivity index (χ0n) is 9.46. The predicted octanol–water partition coefficient (Wildman–Crippen LogP) is 2.45. The second-order valence-corrected chi connectivity index (χ2v) is 4.92. The Balaban J connectivity index is 2.15. The summed E-state index contributed by atoms with van der Waals surface area (Å²) in [6, 6.07) is 12.1. The normalized spacial score (nSPS) is 11.1. The van der Waals surface area contributed by atoms with E-state index in [9.17, 15) is 4.79 Å². The highest BCUT2D eigenvalue weighted by Gasteiger charge is 2.11. The van der Waals surface area contributed by atoms with Crippen LogP contribution in [0.4, 0.5) is 0 Å². The van der Waals surface area contributed by atoms with Gasteiger partial charge in [-0.3, -0.25) is 9.13 Å². The Bertz CT molecular complexity index is 706. The van der Waals surface area contributed by atoms with Crippen LogP contribution in [0.15, 0.2) is 46.6 Å². The number of nitrogens with zero attached hydrogens (tertiary/aromatic N) is 2. The second kappa shape index (κ2) is 3.89. The van der Waals surface area contributed by atoms with Crippen LogP contribution in [0.1, 0.15) is 5.56 Å². The molecule has 0 unspecified atom stereocenters. The van der Waals surface area contributed by atoms with E-state index in [1.165, 1.54) is 0 Å². The van der Waals surface area contributed by atoms with Gasteiger partial charge in [-0.15, -0.1) is 11.3 Å². The molecule has 0 saturated carbocycles. The Morgan fingerprint density at radius 2 is 1.94 bits per heavy atom. The quantitative estimate of drug-likeness (QED) is 0.680. The van der Waals surface area contributed by atoms with Crippen molar-refractivity contribution in [2.24, 2.45) is 7.05 Å². The Morgan fingerprint density at radius 1 is 1.18 bits per heavy atom. The molecule has 17 heavy (non-hydrogen) atoms. The molecule has 0 amide bonds. The zero-order chi connectivity index (χ0) is 11.8. The number of thiophene rings is 1. The van der Waals surface area contributed by atoms with Crippen LogP contribution >= 0.6 is 11.3 Å². The van der Waals surface area contributed by atoms with Gasteiger partial charge in [0.15, 0.2) is 0 Å². The number of aryl methyl sites for hydroxylation is 1. The lowest BCUT2D eigenvalue weighted by atomic mass is 10.2. The van der Waals surface area contributed by atoms with Crippen molar-refractivity contribution in [1.82, 2.24) is 9.13 Å². The van der Waals surface area contributed by atoms with Crippen LogP contribution in [-0.2, 0) is 13.6 Å². The summed E-state index contributed by atoms with van der Waals surface area (Å²) < 4.78 is 3.53. The van der Waals surface area contributed by atoms with Crippen LogP contribution in [-0.4, -0.2) is 9.13 Å². The van der Waals surface area contributed by atoms with E-state index in [0.717, 1.165) is 15.9 Å². The topological polar surface area (TPSA) is 26.9 Å². The highest BCUT2D eigenvalue weighted by molar-refractivity contribution is 7.16. The fraction of sp³-hybridized carbons (Fsp3) is 0.154. The number of hydrogen-bond acceptors (Lipinski definition) is 2. The standard InChI is InChI=1S/C13H12N2OS/c1-14-12-11(7-8-17-12)15(13(14)16)9-10-5-3-2-4-6-10/h2-8H,9H2,1H3. The second-order valence-electron chi connectivity index (χ2n) is 4.02. The monoisotopic (exact) mass is 244 g/mol. The van der Waals surface area contributed by atoms with E-state index in [0.29, 0.717) is 6.54 Å². The molecule has 0 atom stereocenters. The Hall–Kier alpha value is -1.81. The molecule has 3 rings (SSSR count). The third-order valence-electron chi connectivity index (χ3n) is 2.92. The van der Waals surface area contributed by atoms with Gasteiger partial charge in [-0.05, 0) is 17.0 Å². The van der Waals surface area contributed by atoms with Gasteiger partial charge in [0.2, 0.25) is 0 Å². The van der Waals surface area contributed by atoms with E-state index in [2.05, 4.69) is 0 Å². The maximum Gasteiger partial charge on any atom is 0.329 e. The molecule has 2 aromatic heterocycles. The van der Waals surface area contributed by atoms with E-state index in [1.807, 2.05) is 53.4 Å². The first-order valence-electron chi connectivity index (χ1n) is 5.44. The van der Waals surface area contributed by atoms with E-state index in [1.54, 1.807) is 15.9 Å². The maximum absolute atomic E-state index is 12.1. The molecular formula is C13H12N2OS. The van der Waals surface area contributed by atoms with Crippen molar-refractivity contribution in [3.05, 3.63) is 57.8 Å². The van der Waals surface area contributed by atoms with Crippen LogP contribution in [0.25, 0.3) is 10.3 Å². The zero-order valence-corrected chi connectivity index (χ0v) is 10.3. The summed E-state index contributed by atoms with van der Waals surface area (Å²) in [5.41, 5.74) is 2.22. The molecule has 1 aromatic carbocycles. The van der Waals surface area contributed by atoms with Gasteiger partial charge >= 0.3 is 5.69 Å². The number of hydrogen-bond donors (Lipinski definition) is 0. The maximum atomic E-state index is 12.1. The third-order valence-corrected chi connectivity index (χ3v) is 3.90.